The molecule has 2 aliphatic carbocycles. The third-order valence-electron chi connectivity index (χ3n) is 5.62. The first kappa shape index (κ1) is 13.6. The summed E-state index contributed by atoms with van der Waals surface area (Å²) in [4.78, 5) is 16.1. The summed E-state index contributed by atoms with van der Waals surface area (Å²) in [6.07, 6.45) is 6.58. The van der Waals surface area contributed by atoms with Crippen molar-refractivity contribution in [3.63, 3.8) is 0 Å². The van der Waals surface area contributed by atoms with Gasteiger partial charge in [-0.25, -0.2) is 14.7 Å². The highest BCUT2D eigenvalue weighted by Gasteiger charge is 2.63. The van der Waals surface area contributed by atoms with Crippen LogP contribution in [-0.2, 0) is 14.7 Å². The van der Waals surface area contributed by atoms with E-state index in [0.29, 0.717) is 5.92 Å². The van der Waals surface area contributed by atoms with Gasteiger partial charge in [0.05, 0.1) is 0 Å². The molecule has 0 radical (unpaired) electrons. The van der Waals surface area contributed by atoms with Crippen molar-refractivity contribution >= 4 is 0 Å². The van der Waals surface area contributed by atoms with E-state index in [1.165, 1.54) is 12.8 Å². The first-order valence-corrected chi connectivity index (χ1v) is 7.25. The van der Waals surface area contributed by atoms with Crippen molar-refractivity contribution in [1.29, 1.82) is 0 Å². The molecule has 108 valence electrons. The van der Waals surface area contributed by atoms with E-state index in [9.17, 15) is 0 Å². The zero-order chi connectivity index (χ0) is 13.9. The molecule has 0 aromatic carbocycles. The van der Waals surface area contributed by atoms with Gasteiger partial charge < -0.3 is 0 Å². The lowest BCUT2D eigenvalue weighted by atomic mass is 9.53. The molecule has 2 aliphatic heterocycles. The minimum Gasteiger partial charge on any atom is -0.251 e. The fourth-order valence-corrected chi connectivity index (χ4v) is 4.27. The Morgan fingerprint density at radius 2 is 2.21 bits per heavy atom. The fraction of sp³-hybridized carbons (Fsp3) is 0.867. The predicted molar refractivity (Wildman–Crippen MR) is 70.3 cm³/mol. The zero-order valence-corrected chi connectivity index (χ0v) is 12.2. The molecular formula is C15H24O4. The van der Waals surface area contributed by atoms with Crippen LogP contribution in [0.2, 0.25) is 0 Å². The largest absolute Gasteiger partial charge is 0.251 e. The first-order chi connectivity index (χ1) is 8.85. The van der Waals surface area contributed by atoms with Crippen LogP contribution in [0, 0.1) is 11.3 Å². The van der Waals surface area contributed by atoms with Gasteiger partial charge in [0, 0.05) is 5.41 Å². The van der Waals surface area contributed by atoms with Crippen LogP contribution < -0.4 is 0 Å². The predicted octanol–water partition coefficient (Wildman–Crippen LogP) is 3.48. The standard InChI is InChI=1S/C15H24O4/c1-10-6-5-7-14(4)9-12-11(13(2,3)18-16)8-15(10,14)19-17-12/h8,10,12,16H,5-7,9H2,1-4H3/t10-,12+,14-,15-/m0/s1. The van der Waals surface area contributed by atoms with Crippen molar-refractivity contribution in [1.82, 2.24) is 0 Å². The van der Waals surface area contributed by atoms with Gasteiger partial charge in [-0.3, -0.25) is 5.26 Å². The van der Waals surface area contributed by atoms with Crippen molar-refractivity contribution in [2.45, 2.75) is 70.7 Å². The minimum atomic E-state index is -0.722. The summed E-state index contributed by atoms with van der Waals surface area (Å²) in [6, 6.07) is 0. The number of fused-ring (bicyclic) bond motifs is 1. The molecule has 1 N–H and O–H groups in total. The van der Waals surface area contributed by atoms with Crippen molar-refractivity contribution < 1.29 is 19.9 Å². The molecule has 1 saturated carbocycles. The molecular weight excluding hydrogens is 244 g/mol. The van der Waals surface area contributed by atoms with Gasteiger partial charge in [-0.15, -0.1) is 0 Å². The van der Waals surface area contributed by atoms with E-state index in [-0.39, 0.29) is 17.1 Å². The molecule has 4 heteroatoms. The van der Waals surface area contributed by atoms with Gasteiger partial charge in [-0.2, -0.15) is 0 Å². The Kier molecular flexibility index (Phi) is 2.88. The van der Waals surface area contributed by atoms with E-state index >= 15 is 0 Å². The maximum absolute atomic E-state index is 9.16. The number of rotatable bonds is 2. The van der Waals surface area contributed by atoms with Gasteiger partial charge >= 0.3 is 0 Å². The van der Waals surface area contributed by atoms with Crippen molar-refractivity contribution in [2.24, 2.45) is 11.3 Å². The molecule has 2 fully saturated rings. The Hall–Kier alpha value is -0.420. The quantitative estimate of drug-likeness (QED) is 0.473. The molecule has 4 aliphatic rings. The van der Waals surface area contributed by atoms with E-state index in [1.54, 1.807) is 0 Å². The summed E-state index contributed by atoms with van der Waals surface area (Å²) >= 11 is 0. The summed E-state index contributed by atoms with van der Waals surface area (Å²) in [5, 5.41) is 9.16. The van der Waals surface area contributed by atoms with Crippen molar-refractivity contribution in [3.05, 3.63) is 11.6 Å². The third kappa shape index (κ3) is 1.67. The van der Waals surface area contributed by atoms with Gasteiger partial charge in [-0.05, 0) is 50.7 Å². The van der Waals surface area contributed by atoms with Gasteiger partial charge in [0.15, 0.2) is 0 Å². The van der Waals surface area contributed by atoms with Crippen LogP contribution in [0.15, 0.2) is 11.6 Å². The van der Waals surface area contributed by atoms with E-state index in [2.05, 4.69) is 24.8 Å². The Bertz CT molecular complexity index is 416. The molecule has 19 heavy (non-hydrogen) atoms. The van der Waals surface area contributed by atoms with Crippen LogP contribution in [0.1, 0.15) is 53.4 Å². The Morgan fingerprint density at radius 3 is 2.89 bits per heavy atom. The molecule has 1 saturated heterocycles. The Morgan fingerprint density at radius 1 is 1.47 bits per heavy atom. The second-order valence-corrected chi connectivity index (χ2v) is 7.22. The van der Waals surface area contributed by atoms with Crippen LogP contribution in [-0.4, -0.2) is 22.6 Å². The molecule has 4 atom stereocenters. The Balaban J connectivity index is 2.09. The molecule has 0 amide bonds. The summed E-state index contributed by atoms with van der Waals surface area (Å²) in [7, 11) is 0. The molecule has 1 spiro atoms. The SMILES string of the molecule is C[C@H]1CCC[C@@]2(C)C[C@H]3OO[C@@]12C=C3C(C)(C)OO. The number of hydrogen-bond donors (Lipinski definition) is 1. The van der Waals surface area contributed by atoms with E-state index in [4.69, 9.17) is 15.0 Å². The van der Waals surface area contributed by atoms with Crippen LogP contribution in [0.25, 0.3) is 0 Å². The molecule has 0 aromatic heterocycles. The summed E-state index contributed by atoms with van der Waals surface area (Å²) in [5.74, 6) is 0.414. The highest BCUT2D eigenvalue weighted by Crippen LogP contribution is 2.60. The maximum Gasteiger partial charge on any atom is 0.130 e. The lowest BCUT2D eigenvalue weighted by Crippen LogP contribution is -2.64. The van der Waals surface area contributed by atoms with Crippen LogP contribution in [0.4, 0.5) is 0 Å². The average Bonchev–Trinajstić information content (AvgIpc) is 2.38. The Labute approximate surface area is 114 Å². The van der Waals surface area contributed by atoms with Crippen LogP contribution >= 0.6 is 0 Å². The second kappa shape index (κ2) is 4.04. The minimum absolute atomic E-state index is 0.112. The van der Waals surface area contributed by atoms with E-state index in [1.807, 2.05) is 13.8 Å². The van der Waals surface area contributed by atoms with E-state index in [0.717, 1.165) is 18.4 Å². The molecule has 2 bridgehead atoms. The normalized spacial score (nSPS) is 45.8. The molecule has 4 rings (SSSR count). The first-order valence-electron chi connectivity index (χ1n) is 7.25. The van der Waals surface area contributed by atoms with Crippen LogP contribution in [0.5, 0.6) is 0 Å². The smallest absolute Gasteiger partial charge is 0.130 e. The lowest BCUT2D eigenvalue weighted by molar-refractivity contribution is -0.449. The molecule has 0 aromatic rings. The summed E-state index contributed by atoms with van der Waals surface area (Å²) < 4.78 is 0. The highest BCUT2D eigenvalue weighted by atomic mass is 17.2. The topological polar surface area (TPSA) is 47.9 Å². The van der Waals surface area contributed by atoms with Crippen LogP contribution in [0.3, 0.4) is 0 Å². The van der Waals surface area contributed by atoms with Gasteiger partial charge in [0.25, 0.3) is 0 Å². The number of hydrogen-bond acceptors (Lipinski definition) is 4. The monoisotopic (exact) mass is 268 g/mol. The lowest BCUT2D eigenvalue weighted by Gasteiger charge is -2.60. The molecule has 4 nitrogen and oxygen atoms in total. The zero-order valence-electron chi connectivity index (χ0n) is 12.2. The van der Waals surface area contributed by atoms with Gasteiger partial charge in [0.2, 0.25) is 0 Å². The second-order valence-electron chi connectivity index (χ2n) is 7.22. The van der Waals surface area contributed by atoms with Crippen molar-refractivity contribution in [2.75, 3.05) is 0 Å². The summed E-state index contributed by atoms with van der Waals surface area (Å²) in [6.45, 7) is 8.26. The van der Waals surface area contributed by atoms with E-state index < -0.39 is 5.60 Å². The van der Waals surface area contributed by atoms with Crippen molar-refractivity contribution in [3.8, 4) is 0 Å². The third-order valence-corrected chi connectivity index (χ3v) is 5.62. The highest BCUT2D eigenvalue weighted by molar-refractivity contribution is 5.33. The summed E-state index contributed by atoms with van der Waals surface area (Å²) in [5.41, 5.74) is 0.0423. The van der Waals surface area contributed by atoms with Gasteiger partial charge in [-0.1, -0.05) is 20.3 Å². The average molecular weight is 268 g/mol. The molecule has 0 unspecified atom stereocenters. The van der Waals surface area contributed by atoms with Gasteiger partial charge in [0.1, 0.15) is 17.3 Å². The maximum atomic E-state index is 9.16. The molecule has 2 heterocycles. The fourth-order valence-electron chi connectivity index (χ4n) is 4.27.